The Hall–Kier alpha value is -2.77. The van der Waals surface area contributed by atoms with Gasteiger partial charge in [-0.25, -0.2) is 12.8 Å². The maximum absolute atomic E-state index is 13.7. The predicted octanol–water partition coefficient (Wildman–Crippen LogP) is 4.89. The summed E-state index contributed by atoms with van der Waals surface area (Å²) in [6.45, 7) is 0.000827. The summed E-state index contributed by atoms with van der Waals surface area (Å²) in [5.41, 5.74) is 1.06. The van der Waals surface area contributed by atoms with Crippen LogP contribution in [0, 0.1) is 5.82 Å². The van der Waals surface area contributed by atoms with Gasteiger partial charge in [-0.15, -0.1) is 0 Å². The third-order valence-electron chi connectivity index (χ3n) is 4.27. The molecule has 0 unspecified atom stereocenters. The van der Waals surface area contributed by atoms with E-state index in [1.54, 1.807) is 42.5 Å². The maximum atomic E-state index is 13.7. The molecule has 0 fully saturated rings. The van der Waals surface area contributed by atoms with E-state index >= 15 is 0 Å². The zero-order valence-electron chi connectivity index (χ0n) is 15.8. The van der Waals surface area contributed by atoms with E-state index in [4.69, 9.17) is 21.1 Å². The normalized spacial score (nSPS) is 11.2. The first-order valence-electron chi connectivity index (χ1n) is 8.60. The van der Waals surface area contributed by atoms with Gasteiger partial charge in [-0.2, -0.15) is 0 Å². The molecular weight excluding hydrogens is 417 g/mol. The molecule has 0 bridgehead atoms. The molecule has 5 nitrogen and oxygen atoms in total. The second-order valence-electron chi connectivity index (χ2n) is 6.13. The van der Waals surface area contributed by atoms with Gasteiger partial charge < -0.3 is 9.47 Å². The summed E-state index contributed by atoms with van der Waals surface area (Å²) in [4.78, 5) is -0.145. The van der Waals surface area contributed by atoms with Gasteiger partial charge in [0.2, 0.25) is 0 Å². The topological polar surface area (TPSA) is 55.8 Å². The first-order chi connectivity index (χ1) is 13.8. The van der Waals surface area contributed by atoms with Crippen LogP contribution in [0.15, 0.2) is 71.6 Å². The Morgan fingerprint density at radius 3 is 2.24 bits per heavy atom. The molecule has 0 heterocycles. The second kappa shape index (κ2) is 8.71. The smallest absolute Gasteiger partial charge is 0.264 e. The Balaban J connectivity index is 2.08. The van der Waals surface area contributed by atoms with E-state index in [1.165, 1.54) is 36.7 Å². The Morgan fingerprint density at radius 2 is 1.62 bits per heavy atom. The fourth-order valence-electron chi connectivity index (χ4n) is 2.82. The Bertz CT molecular complexity index is 1100. The van der Waals surface area contributed by atoms with Crippen molar-refractivity contribution in [2.45, 2.75) is 11.4 Å². The maximum Gasteiger partial charge on any atom is 0.264 e. The number of rotatable bonds is 7. The molecule has 0 saturated carbocycles. The van der Waals surface area contributed by atoms with Crippen LogP contribution in [-0.2, 0) is 16.6 Å². The number of sulfonamides is 1. The summed E-state index contributed by atoms with van der Waals surface area (Å²) in [5, 5.41) is 0.475. The molecule has 8 heteroatoms. The van der Waals surface area contributed by atoms with Crippen LogP contribution in [0.5, 0.6) is 11.5 Å². The number of nitrogens with zero attached hydrogens (tertiary/aromatic N) is 1. The molecule has 152 valence electrons. The van der Waals surface area contributed by atoms with Gasteiger partial charge in [0.25, 0.3) is 10.0 Å². The van der Waals surface area contributed by atoms with Crippen LogP contribution in [0.2, 0.25) is 5.02 Å². The van der Waals surface area contributed by atoms with E-state index in [9.17, 15) is 12.8 Å². The van der Waals surface area contributed by atoms with Gasteiger partial charge in [-0.3, -0.25) is 4.31 Å². The van der Waals surface area contributed by atoms with E-state index in [2.05, 4.69) is 0 Å². The molecule has 0 radical (unpaired) electrons. The molecule has 0 N–H and O–H groups in total. The van der Waals surface area contributed by atoms with Crippen molar-refractivity contribution in [2.24, 2.45) is 0 Å². The molecule has 3 rings (SSSR count). The molecule has 0 aromatic heterocycles. The molecule has 0 saturated heterocycles. The van der Waals surface area contributed by atoms with Gasteiger partial charge in [0.15, 0.2) is 11.5 Å². The van der Waals surface area contributed by atoms with Crippen molar-refractivity contribution < 1.29 is 22.3 Å². The minimum atomic E-state index is -4.04. The Kier molecular flexibility index (Phi) is 6.30. The molecular formula is C21H19ClFNO4S. The van der Waals surface area contributed by atoms with Crippen molar-refractivity contribution in [1.29, 1.82) is 0 Å². The van der Waals surface area contributed by atoms with Crippen molar-refractivity contribution >= 4 is 27.3 Å². The van der Waals surface area contributed by atoms with Crippen molar-refractivity contribution in [1.82, 2.24) is 0 Å². The lowest BCUT2D eigenvalue weighted by Crippen LogP contribution is -2.30. The highest BCUT2D eigenvalue weighted by molar-refractivity contribution is 7.92. The number of methoxy groups -OCH3 is 2. The lowest BCUT2D eigenvalue weighted by molar-refractivity contribution is 0.354. The highest BCUT2D eigenvalue weighted by atomic mass is 35.5. The van der Waals surface area contributed by atoms with E-state index in [0.717, 1.165) is 6.07 Å². The third kappa shape index (κ3) is 4.63. The van der Waals surface area contributed by atoms with Gasteiger partial charge in [0, 0.05) is 5.02 Å². The molecule has 29 heavy (non-hydrogen) atoms. The lowest BCUT2D eigenvalue weighted by Gasteiger charge is -2.25. The number of ether oxygens (including phenoxy) is 2. The largest absolute Gasteiger partial charge is 0.493 e. The first kappa shape index (κ1) is 21.0. The quantitative estimate of drug-likeness (QED) is 0.530. The highest BCUT2D eigenvalue weighted by Crippen LogP contribution is 2.31. The fraction of sp³-hybridized carbons (Fsp3) is 0.143. The number of hydrogen-bond acceptors (Lipinski definition) is 4. The van der Waals surface area contributed by atoms with Gasteiger partial charge in [0.05, 0.1) is 31.3 Å². The summed E-state index contributed by atoms with van der Waals surface area (Å²) in [6, 6.07) is 16.4. The van der Waals surface area contributed by atoms with Gasteiger partial charge in [-0.05, 0) is 60.2 Å². The fourth-order valence-corrected chi connectivity index (χ4v) is 4.43. The second-order valence-corrected chi connectivity index (χ2v) is 8.43. The van der Waals surface area contributed by atoms with Gasteiger partial charge in [0.1, 0.15) is 5.82 Å². The summed E-state index contributed by atoms with van der Waals surface area (Å²) in [6.07, 6.45) is 0. The molecule has 3 aromatic rings. The van der Waals surface area contributed by atoms with Crippen molar-refractivity contribution in [3.05, 3.63) is 83.1 Å². The van der Waals surface area contributed by atoms with Gasteiger partial charge in [-0.1, -0.05) is 23.7 Å². The molecule has 0 aliphatic heterocycles. The summed E-state index contributed by atoms with van der Waals surface area (Å²) < 4.78 is 52.1. The van der Waals surface area contributed by atoms with E-state index in [0.29, 0.717) is 27.8 Å². The predicted molar refractivity (Wildman–Crippen MR) is 111 cm³/mol. The molecule has 0 atom stereocenters. The van der Waals surface area contributed by atoms with Crippen LogP contribution in [-0.4, -0.2) is 22.6 Å². The van der Waals surface area contributed by atoms with Crippen molar-refractivity contribution in [2.75, 3.05) is 18.5 Å². The number of benzene rings is 3. The van der Waals surface area contributed by atoms with Crippen LogP contribution in [0.4, 0.5) is 10.1 Å². The molecule has 3 aromatic carbocycles. The molecule has 0 spiro atoms. The minimum absolute atomic E-state index is 0.000827. The van der Waals surface area contributed by atoms with Crippen molar-refractivity contribution in [3.8, 4) is 11.5 Å². The Labute approximate surface area is 174 Å². The zero-order chi connectivity index (χ0) is 21.0. The van der Waals surface area contributed by atoms with Crippen LogP contribution in [0.3, 0.4) is 0 Å². The van der Waals surface area contributed by atoms with Crippen LogP contribution in [0.1, 0.15) is 5.56 Å². The monoisotopic (exact) mass is 435 g/mol. The van der Waals surface area contributed by atoms with E-state index < -0.39 is 15.8 Å². The standard InChI is InChI=1S/C21H19ClFNO4S/c1-27-20-11-6-15(12-21(20)28-2)14-24(18-9-7-16(22)8-10-18)29(25,26)19-5-3-4-17(23)13-19/h3-13H,14H2,1-2H3. The first-order valence-corrected chi connectivity index (χ1v) is 10.4. The lowest BCUT2D eigenvalue weighted by atomic mass is 10.2. The molecule has 0 amide bonds. The number of anilines is 1. The number of halogens is 2. The van der Waals surface area contributed by atoms with E-state index in [1.807, 2.05) is 0 Å². The zero-order valence-corrected chi connectivity index (χ0v) is 17.4. The van der Waals surface area contributed by atoms with Crippen LogP contribution >= 0.6 is 11.6 Å². The molecule has 0 aliphatic carbocycles. The summed E-state index contributed by atoms with van der Waals surface area (Å²) in [7, 11) is -1.02. The average Bonchev–Trinajstić information content (AvgIpc) is 2.72. The highest BCUT2D eigenvalue weighted by Gasteiger charge is 2.26. The number of hydrogen-bond donors (Lipinski definition) is 0. The minimum Gasteiger partial charge on any atom is -0.493 e. The Morgan fingerprint density at radius 1 is 0.931 bits per heavy atom. The van der Waals surface area contributed by atoms with Crippen LogP contribution in [0.25, 0.3) is 0 Å². The van der Waals surface area contributed by atoms with Crippen molar-refractivity contribution in [3.63, 3.8) is 0 Å². The van der Waals surface area contributed by atoms with Crippen LogP contribution < -0.4 is 13.8 Å². The molecule has 0 aliphatic rings. The summed E-state index contributed by atoms with van der Waals surface area (Å²) in [5.74, 6) is 0.375. The van der Waals surface area contributed by atoms with Gasteiger partial charge >= 0.3 is 0 Å². The SMILES string of the molecule is COc1ccc(CN(c2ccc(Cl)cc2)S(=O)(=O)c2cccc(F)c2)cc1OC. The van der Waals surface area contributed by atoms with E-state index in [-0.39, 0.29) is 11.4 Å². The summed E-state index contributed by atoms with van der Waals surface area (Å²) >= 11 is 5.95. The third-order valence-corrected chi connectivity index (χ3v) is 6.29. The average molecular weight is 436 g/mol.